The van der Waals surface area contributed by atoms with Crippen molar-refractivity contribution in [2.45, 2.75) is 26.7 Å². The van der Waals surface area contributed by atoms with Crippen molar-refractivity contribution in [3.05, 3.63) is 45.5 Å². The van der Waals surface area contributed by atoms with Crippen molar-refractivity contribution in [1.29, 1.82) is 0 Å². The summed E-state index contributed by atoms with van der Waals surface area (Å²) in [5.74, 6) is 0.223. The predicted molar refractivity (Wildman–Crippen MR) is 89.7 cm³/mol. The number of thiophene rings is 1. The van der Waals surface area contributed by atoms with Crippen LogP contribution in [0, 0.1) is 13.8 Å². The first-order valence-electron chi connectivity index (χ1n) is 7.45. The van der Waals surface area contributed by atoms with Crippen molar-refractivity contribution in [1.82, 2.24) is 16.2 Å². The maximum Gasteiger partial charge on any atom is 0.273 e. The second-order valence-electron chi connectivity index (χ2n) is 5.17. The number of hydrogen-bond acceptors (Lipinski definition) is 5. The van der Waals surface area contributed by atoms with Crippen molar-refractivity contribution >= 4 is 29.1 Å². The summed E-state index contributed by atoms with van der Waals surface area (Å²) in [6.07, 6.45) is 0.664. The van der Waals surface area contributed by atoms with Gasteiger partial charge in [0.2, 0.25) is 5.91 Å². The van der Waals surface area contributed by atoms with Gasteiger partial charge in [0.15, 0.2) is 0 Å². The Hall–Kier alpha value is -2.61. The zero-order valence-corrected chi connectivity index (χ0v) is 14.3. The van der Waals surface area contributed by atoms with Gasteiger partial charge in [-0.05, 0) is 37.8 Å². The molecule has 7 nitrogen and oxygen atoms in total. The van der Waals surface area contributed by atoms with Gasteiger partial charge in [-0.15, -0.1) is 11.3 Å². The van der Waals surface area contributed by atoms with Crippen LogP contribution in [0.1, 0.15) is 44.4 Å². The smallest absolute Gasteiger partial charge is 0.273 e. The number of furan rings is 1. The van der Waals surface area contributed by atoms with E-state index < -0.39 is 5.91 Å². The molecular formula is C16H19N3O4S. The van der Waals surface area contributed by atoms with E-state index in [-0.39, 0.29) is 18.2 Å². The molecule has 2 rings (SSSR count). The van der Waals surface area contributed by atoms with E-state index in [1.807, 2.05) is 5.38 Å². The summed E-state index contributed by atoms with van der Waals surface area (Å²) >= 11 is 1.36. The van der Waals surface area contributed by atoms with Gasteiger partial charge in [0.1, 0.15) is 11.5 Å². The number of carbonyl (C=O) groups is 3. The standard InChI is InChI=1S/C16H19N3O4S/c1-10-9-12(11(2)23-10)15(21)19-18-14(20)6-3-7-17-16(22)13-5-4-8-24-13/h4-5,8-9H,3,6-7H2,1-2H3,(H,17,22)(H,18,20)(H,19,21). The monoisotopic (exact) mass is 349 g/mol. The molecule has 2 aromatic heterocycles. The third kappa shape index (κ3) is 4.95. The van der Waals surface area contributed by atoms with Crippen LogP contribution in [0.4, 0.5) is 0 Å². The number of aryl methyl sites for hydroxylation is 2. The molecule has 24 heavy (non-hydrogen) atoms. The van der Waals surface area contributed by atoms with Gasteiger partial charge >= 0.3 is 0 Å². The van der Waals surface area contributed by atoms with Gasteiger partial charge in [-0.3, -0.25) is 25.2 Å². The van der Waals surface area contributed by atoms with Crippen LogP contribution in [0.25, 0.3) is 0 Å². The number of hydrazine groups is 1. The fourth-order valence-corrected chi connectivity index (χ4v) is 2.70. The first kappa shape index (κ1) is 17.7. The molecule has 3 N–H and O–H groups in total. The molecule has 0 atom stereocenters. The fourth-order valence-electron chi connectivity index (χ4n) is 2.06. The second-order valence-corrected chi connectivity index (χ2v) is 6.11. The Morgan fingerprint density at radius 1 is 1.17 bits per heavy atom. The normalized spacial score (nSPS) is 10.2. The number of nitrogens with one attached hydrogen (secondary N) is 3. The largest absolute Gasteiger partial charge is 0.466 e. The Morgan fingerprint density at radius 3 is 2.58 bits per heavy atom. The Morgan fingerprint density at radius 2 is 1.96 bits per heavy atom. The SMILES string of the molecule is Cc1cc(C(=O)NNC(=O)CCCNC(=O)c2cccs2)c(C)o1. The Bertz CT molecular complexity index is 722. The number of rotatable bonds is 6. The lowest BCUT2D eigenvalue weighted by Gasteiger charge is -2.07. The van der Waals surface area contributed by atoms with Gasteiger partial charge in [0, 0.05) is 13.0 Å². The van der Waals surface area contributed by atoms with Gasteiger partial charge < -0.3 is 9.73 Å². The van der Waals surface area contributed by atoms with Crippen molar-refractivity contribution in [3.63, 3.8) is 0 Å². The highest BCUT2D eigenvalue weighted by atomic mass is 32.1. The molecule has 0 radical (unpaired) electrons. The molecule has 8 heteroatoms. The first-order chi connectivity index (χ1) is 11.5. The van der Waals surface area contributed by atoms with E-state index in [1.165, 1.54) is 11.3 Å². The van der Waals surface area contributed by atoms with Crippen molar-refractivity contribution < 1.29 is 18.8 Å². The molecule has 0 aliphatic heterocycles. The van der Waals surface area contributed by atoms with Gasteiger partial charge in [-0.1, -0.05) is 6.07 Å². The topological polar surface area (TPSA) is 100 Å². The highest BCUT2D eigenvalue weighted by Gasteiger charge is 2.14. The highest BCUT2D eigenvalue weighted by molar-refractivity contribution is 7.12. The minimum Gasteiger partial charge on any atom is -0.466 e. The molecule has 0 aliphatic rings. The van der Waals surface area contributed by atoms with E-state index in [9.17, 15) is 14.4 Å². The third-order valence-corrected chi connectivity index (χ3v) is 4.08. The molecule has 0 bridgehead atoms. The lowest BCUT2D eigenvalue weighted by atomic mass is 10.2. The second kappa shape index (κ2) is 8.30. The molecular weight excluding hydrogens is 330 g/mol. The molecule has 128 valence electrons. The maximum atomic E-state index is 11.9. The fraction of sp³-hybridized carbons (Fsp3) is 0.312. The molecule has 0 aromatic carbocycles. The van der Waals surface area contributed by atoms with Crippen LogP contribution < -0.4 is 16.2 Å². The maximum absolute atomic E-state index is 11.9. The van der Waals surface area contributed by atoms with Crippen LogP contribution in [0.5, 0.6) is 0 Å². The van der Waals surface area contributed by atoms with E-state index in [1.54, 1.807) is 32.0 Å². The van der Waals surface area contributed by atoms with Crippen molar-refractivity contribution in [3.8, 4) is 0 Å². The van der Waals surface area contributed by atoms with Crippen molar-refractivity contribution in [2.75, 3.05) is 6.54 Å². The molecule has 0 aliphatic carbocycles. The van der Waals surface area contributed by atoms with Gasteiger partial charge in [0.25, 0.3) is 11.8 Å². The molecule has 0 saturated heterocycles. The Balaban J connectivity index is 1.64. The lowest BCUT2D eigenvalue weighted by molar-refractivity contribution is -0.121. The van der Waals surface area contributed by atoms with E-state index in [2.05, 4.69) is 16.2 Å². The summed E-state index contributed by atoms with van der Waals surface area (Å²) in [6, 6.07) is 5.15. The lowest BCUT2D eigenvalue weighted by Crippen LogP contribution is -2.41. The minimum atomic E-state index is -0.427. The van der Waals surface area contributed by atoms with Gasteiger partial charge in [-0.2, -0.15) is 0 Å². The zero-order chi connectivity index (χ0) is 17.5. The van der Waals surface area contributed by atoms with Crippen LogP contribution in [0.2, 0.25) is 0 Å². The number of carbonyl (C=O) groups excluding carboxylic acids is 3. The third-order valence-electron chi connectivity index (χ3n) is 3.21. The quantitative estimate of drug-likeness (QED) is 0.548. The van der Waals surface area contributed by atoms with Crippen LogP contribution >= 0.6 is 11.3 Å². The Kier molecular flexibility index (Phi) is 6.14. The van der Waals surface area contributed by atoms with E-state index in [0.717, 1.165) is 0 Å². The summed E-state index contributed by atoms with van der Waals surface area (Å²) in [7, 11) is 0. The van der Waals surface area contributed by atoms with Crippen LogP contribution in [0.3, 0.4) is 0 Å². The average molecular weight is 349 g/mol. The Labute approximate surface area is 143 Å². The summed E-state index contributed by atoms with van der Waals surface area (Å²) in [6.45, 7) is 3.81. The summed E-state index contributed by atoms with van der Waals surface area (Å²) in [5.41, 5.74) is 5.07. The zero-order valence-electron chi connectivity index (χ0n) is 13.5. The van der Waals surface area contributed by atoms with Crippen LogP contribution in [-0.4, -0.2) is 24.3 Å². The van der Waals surface area contributed by atoms with E-state index in [0.29, 0.717) is 34.9 Å². The van der Waals surface area contributed by atoms with Crippen LogP contribution in [-0.2, 0) is 4.79 Å². The van der Waals surface area contributed by atoms with Crippen LogP contribution in [0.15, 0.2) is 28.0 Å². The molecule has 0 saturated carbocycles. The van der Waals surface area contributed by atoms with E-state index in [4.69, 9.17) is 4.42 Å². The molecule has 0 fully saturated rings. The predicted octanol–water partition coefficient (Wildman–Crippen LogP) is 1.93. The summed E-state index contributed by atoms with van der Waals surface area (Å²) in [4.78, 5) is 35.9. The van der Waals surface area contributed by atoms with E-state index >= 15 is 0 Å². The summed E-state index contributed by atoms with van der Waals surface area (Å²) in [5, 5.41) is 4.56. The number of amides is 3. The highest BCUT2D eigenvalue weighted by Crippen LogP contribution is 2.12. The molecule has 3 amide bonds. The molecule has 0 unspecified atom stereocenters. The van der Waals surface area contributed by atoms with Gasteiger partial charge in [0.05, 0.1) is 10.4 Å². The molecule has 0 spiro atoms. The number of hydrogen-bond donors (Lipinski definition) is 3. The molecule has 2 aromatic rings. The van der Waals surface area contributed by atoms with Gasteiger partial charge in [-0.25, -0.2) is 0 Å². The molecule has 2 heterocycles. The minimum absolute atomic E-state index is 0.149. The summed E-state index contributed by atoms with van der Waals surface area (Å²) < 4.78 is 5.26. The first-order valence-corrected chi connectivity index (χ1v) is 8.33. The average Bonchev–Trinajstić information content (AvgIpc) is 3.18. The van der Waals surface area contributed by atoms with Crippen molar-refractivity contribution in [2.24, 2.45) is 0 Å².